The Labute approximate surface area is 249 Å². The number of carbonyl (C=O) groups excluding carboxylic acids is 1. The van der Waals surface area contributed by atoms with Crippen molar-refractivity contribution in [3.8, 4) is 5.88 Å². The van der Waals surface area contributed by atoms with E-state index < -0.39 is 0 Å². The maximum Gasteiger partial charge on any atom is 0.313 e. The lowest BCUT2D eigenvalue weighted by Crippen LogP contribution is -2.57. The summed E-state index contributed by atoms with van der Waals surface area (Å²) in [5.41, 5.74) is 2.09. The van der Waals surface area contributed by atoms with E-state index in [2.05, 4.69) is 35.7 Å². The number of esters is 1. The van der Waals surface area contributed by atoms with E-state index in [4.69, 9.17) is 9.47 Å². The Morgan fingerprint density at radius 2 is 1.57 bits per heavy atom. The largest absolute Gasteiger partial charge is 0.475 e. The smallest absolute Gasteiger partial charge is 0.313 e. The summed E-state index contributed by atoms with van der Waals surface area (Å²) in [6, 6.07) is 0. The summed E-state index contributed by atoms with van der Waals surface area (Å²) < 4.78 is 22.4. The third-order valence-electron chi connectivity index (χ3n) is 9.00. The van der Waals surface area contributed by atoms with Gasteiger partial charge in [0.1, 0.15) is 12.2 Å². The maximum atomic E-state index is 13.3. The van der Waals surface area contributed by atoms with Gasteiger partial charge in [0.2, 0.25) is 6.23 Å². The van der Waals surface area contributed by atoms with E-state index in [9.17, 15) is 4.79 Å². The van der Waals surface area contributed by atoms with Gasteiger partial charge in [0.15, 0.2) is 0 Å². The summed E-state index contributed by atoms with van der Waals surface area (Å²) in [5.74, 6) is 0.805. The molecule has 0 N–H and O–H groups in total. The number of rotatable bonds is 20. The van der Waals surface area contributed by atoms with Gasteiger partial charge in [-0.05, 0) is 25.7 Å². The molecule has 0 amide bonds. The van der Waals surface area contributed by atoms with Crippen molar-refractivity contribution in [2.75, 3.05) is 26.7 Å². The third kappa shape index (κ3) is 11.1. The molecule has 40 heavy (non-hydrogen) atoms. The second-order valence-corrected chi connectivity index (χ2v) is 13.1. The molecule has 1 fully saturated rings. The van der Waals surface area contributed by atoms with Crippen molar-refractivity contribution in [3.05, 3.63) is 11.8 Å². The van der Waals surface area contributed by atoms with Gasteiger partial charge in [0.25, 0.3) is 5.88 Å². The molecule has 1 aliphatic carbocycles. The van der Waals surface area contributed by atoms with Crippen molar-refractivity contribution >= 4 is 23.3 Å². The molecule has 0 spiro atoms. The highest BCUT2D eigenvalue weighted by atomic mass is 32.1. The molecule has 2 aliphatic rings. The first-order valence-corrected chi connectivity index (χ1v) is 17.5. The zero-order chi connectivity index (χ0) is 28.5. The second-order valence-electron chi connectivity index (χ2n) is 12.5. The van der Waals surface area contributed by atoms with E-state index in [0.29, 0.717) is 12.5 Å². The normalized spacial score (nSPS) is 20.7. The molecule has 2 heterocycles. The molecule has 1 aromatic heterocycles. The van der Waals surface area contributed by atoms with Crippen molar-refractivity contribution in [2.24, 2.45) is 5.92 Å². The summed E-state index contributed by atoms with van der Waals surface area (Å²) >= 11 is 1.24. The zero-order valence-corrected chi connectivity index (χ0v) is 26.8. The van der Waals surface area contributed by atoms with E-state index in [1.165, 1.54) is 94.4 Å². The average molecular weight is 577 g/mol. The number of nitrogens with zero attached hydrogens (tertiary/aromatic N) is 3. The molecule has 0 bridgehead atoms. The lowest BCUT2D eigenvalue weighted by atomic mass is 9.89. The predicted octanol–water partition coefficient (Wildman–Crippen LogP) is 9.10. The second kappa shape index (κ2) is 18.9. The van der Waals surface area contributed by atoms with Gasteiger partial charge in [-0.2, -0.15) is 4.37 Å². The molecule has 0 saturated heterocycles. The Kier molecular flexibility index (Phi) is 15.6. The predicted molar refractivity (Wildman–Crippen MR) is 166 cm³/mol. The van der Waals surface area contributed by atoms with Crippen molar-refractivity contribution in [1.82, 2.24) is 8.75 Å². The van der Waals surface area contributed by atoms with Gasteiger partial charge in [-0.3, -0.25) is 9.28 Å². The summed E-state index contributed by atoms with van der Waals surface area (Å²) in [7, 11) is 2.28. The quantitative estimate of drug-likeness (QED) is 0.0880. The highest BCUT2D eigenvalue weighted by Crippen LogP contribution is 2.34. The van der Waals surface area contributed by atoms with Crippen LogP contribution in [0.15, 0.2) is 6.08 Å². The fraction of sp³-hybridized carbons (Fsp3) is 0.848. The van der Waals surface area contributed by atoms with Gasteiger partial charge < -0.3 is 9.47 Å². The number of quaternary nitrogens is 1. The molecule has 228 valence electrons. The highest BCUT2D eigenvalue weighted by molar-refractivity contribution is 6.99. The van der Waals surface area contributed by atoms with Gasteiger partial charge in [-0.1, -0.05) is 110 Å². The van der Waals surface area contributed by atoms with E-state index >= 15 is 0 Å². The number of ether oxygens (including phenoxy) is 2. The first-order valence-electron chi connectivity index (χ1n) is 16.8. The molecule has 2 atom stereocenters. The standard InChI is InChI=1S/C33H58N3O3S/c1-4-6-8-10-11-12-13-14-18-24-30(39-33(37)28-21-16-15-17-22-28)36(3)25-20-23-29(27-36)31-32(35-40-34-31)38-26-19-9-7-5-2/h23,28,30H,4-22,24-27H2,1-3H3/q+1. The molecule has 3 rings (SSSR count). The molecule has 1 saturated carbocycles. The van der Waals surface area contributed by atoms with Gasteiger partial charge in [0.05, 0.1) is 37.8 Å². The molecule has 1 aliphatic heterocycles. The molecule has 0 radical (unpaired) electrons. The van der Waals surface area contributed by atoms with E-state index in [1.54, 1.807) is 0 Å². The van der Waals surface area contributed by atoms with Crippen molar-refractivity contribution < 1.29 is 18.8 Å². The van der Waals surface area contributed by atoms with Crippen LogP contribution >= 0.6 is 11.7 Å². The lowest BCUT2D eigenvalue weighted by Gasteiger charge is -2.43. The van der Waals surface area contributed by atoms with E-state index in [1.807, 2.05) is 0 Å². The molecular formula is C33H58N3O3S+. The van der Waals surface area contributed by atoms with Gasteiger partial charge >= 0.3 is 5.97 Å². The Morgan fingerprint density at radius 1 is 0.925 bits per heavy atom. The Bertz CT molecular complexity index is 867. The van der Waals surface area contributed by atoms with Gasteiger partial charge in [-0.25, -0.2) is 0 Å². The van der Waals surface area contributed by atoms with E-state index in [-0.39, 0.29) is 18.1 Å². The molecule has 2 unspecified atom stereocenters. The zero-order valence-electron chi connectivity index (χ0n) is 26.0. The SMILES string of the molecule is CCCCCCCCCCCC(OC(=O)C1CCCCC1)[N+]1(C)CCC=C(c2nsnc2OCCCCCC)C1. The van der Waals surface area contributed by atoms with Crippen LogP contribution < -0.4 is 4.74 Å². The molecule has 7 heteroatoms. The summed E-state index contributed by atoms with van der Waals surface area (Å²) in [4.78, 5) is 13.3. The van der Waals surface area contributed by atoms with Crippen LogP contribution in [0, 0.1) is 5.92 Å². The van der Waals surface area contributed by atoms with Crippen LogP contribution in [0.25, 0.3) is 5.57 Å². The average Bonchev–Trinajstić information content (AvgIpc) is 3.44. The van der Waals surface area contributed by atoms with Crippen molar-refractivity contribution in [2.45, 2.75) is 148 Å². The fourth-order valence-electron chi connectivity index (χ4n) is 6.35. The molecule has 0 aromatic carbocycles. The first kappa shape index (κ1) is 33.0. The number of aromatic nitrogens is 2. The minimum absolute atomic E-state index is 0.0440. The molecular weight excluding hydrogens is 518 g/mol. The molecule has 6 nitrogen and oxygen atoms in total. The van der Waals surface area contributed by atoms with Crippen LogP contribution in [0.1, 0.15) is 148 Å². The van der Waals surface area contributed by atoms with Gasteiger partial charge in [0, 0.05) is 18.4 Å². The van der Waals surface area contributed by atoms with Crippen LogP contribution in [0.3, 0.4) is 0 Å². The third-order valence-corrected chi connectivity index (χ3v) is 9.51. The fourth-order valence-corrected chi connectivity index (χ4v) is 6.88. The lowest BCUT2D eigenvalue weighted by molar-refractivity contribution is -0.947. The van der Waals surface area contributed by atoms with Crippen molar-refractivity contribution in [3.63, 3.8) is 0 Å². The van der Waals surface area contributed by atoms with Crippen LogP contribution in [0.5, 0.6) is 5.88 Å². The first-order chi connectivity index (χ1) is 19.6. The van der Waals surface area contributed by atoms with Gasteiger partial charge in [-0.15, -0.1) is 4.37 Å². The summed E-state index contributed by atoms with van der Waals surface area (Å²) in [6.07, 6.45) is 26.1. The molecule has 1 aromatic rings. The number of carbonyl (C=O) groups is 1. The number of hydrogen-bond donors (Lipinski definition) is 0. The maximum absolute atomic E-state index is 13.3. The van der Waals surface area contributed by atoms with E-state index in [0.717, 1.165) is 74.6 Å². The minimum Gasteiger partial charge on any atom is -0.475 e. The van der Waals surface area contributed by atoms with Crippen molar-refractivity contribution in [1.29, 1.82) is 0 Å². The summed E-state index contributed by atoms with van der Waals surface area (Å²) in [6.45, 7) is 6.98. The Hall–Kier alpha value is -1.47. The van der Waals surface area contributed by atoms with Crippen LogP contribution in [-0.2, 0) is 9.53 Å². The van der Waals surface area contributed by atoms with Crippen LogP contribution in [0.2, 0.25) is 0 Å². The number of unbranched alkanes of at least 4 members (excludes halogenated alkanes) is 11. The highest BCUT2D eigenvalue weighted by Gasteiger charge is 2.40. The Morgan fingerprint density at radius 3 is 2.27 bits per heavy atom. The minimum atomic E-state index is -0.104. The number of hydrogen-bond acceptors (Lipinski definition) is 6. The topological polar surface area (TPSA) is 61.3 Å². The Balaban J connectivity index is 1.59. The van der Waals surface area contributed by atoms with Crippen LogP contribution in [-0.4, -0.2) is 52.2 Å². The monoisotopic (exact) mass is 576 g/mol. The summed E-state index contributed by atoms with van der Waals surface area (Å²) in [5, 5.41) is 0. The number of likely N-dealkylation sites (N-methyl/N-ethyl adjacent to an activating group) is 1. The van der Waals surface area contributed by atoms with Crippen LogP contribution in [0.4, 0.5) is 0 Å².